The molecular weight excluding hydrogens is 524 g/mol. The fourth-order valence-electron chi connectivity index (χ4n) is 5.33. The van der Waals surface area contributed by atoms with Crippen molar-refractivity contribution in [1.29, 1.82) is 0 Å². The molecule has 4 rings (SSSR count). The van der Waals surface area contributed by atoms with E-state index in [9.17, 15) is 19.8 Å². The van der Waals surface area contributed by atoms with E-state index in [0.29, 0.717) is 33.0 Å². The predicted molar refractivity (Wildman–Crippen MR) is 158 cm³/mol. The van der Waals surface area contributed by atoms with Crippen molar-refractivity contribution >= 4 is 31.2 Å². The lowest BCUT2D eigenvalue weighted by Gasteiger charge is -2.41. The fraction of sp³-hybridized carbons (Fsp3) is 0.438. The third-order valence-corrected chi connectivity index (χ3v) is 13.1. The summed E-state index contributed by atoms with van der Waals surface area (Å²) < 4.78 is 18.3. The summed E-state index contributed by atoms with van der Waals surface area (Å²) >= 11 is 0. The number of phenolic OH excluding ortho intramolecular Hbond substituents is 1. The minimum atomic E-state index is -2.38. The summed E-state index contributed by atoms with van der Waals surface area (Å²) in [6, 6.07) is 9.33. The van der Waals surface area contributed by atoms with Crippen molar-refractivity contribution in [3.63, 3.8) is 0 Å². The summed E-state index contributed by atoms with van der Waals surface area (Å²) in [6.07, 6.45) is -0.418. The molecule has 1 aliphatic rings. The molecule has 0 fully saturated rings. The summed E-state index contributed by atoms with van der Waals surface area (Å²) in [6.45, 7) is 14.0. The van der Waals surface area contributed by atoms with Gasteiger partial charge in [-0.3, -0.25) is 9.59 Å². The molecule has 214 valence electrons. The van der Waals surface area contributed by atoms with Crippen molar-refractivity contribution < 1.29 is 33.7 Å². The van der Waals surface area contributed by atoms with E-state index in [0.717, 1.165) is 23.2 Å². The van der Waals surface area contributed by atoms with Crippen LogP contribution in [0.15, 0.2) is 30.3 Å². The van der Waals surface area contributed by atoms with Gasteiger partial charge in [-0.2, -0.15) is 0 Å². The topological polar surface area (TPSA) is 102 Å². The number of ether oxygens (including phenoxy) is 2. The lowest BCUT2D eigenvalue weighted by atomic mass is 9.79. The van der Waals surface area contributed by atoms with Gasteiger partial charge in [-0.1, -0.05) is 39.0 Å². The Hall–Kier alpha value is -3.04. The lowest BCUT2D eigenvalue weighted by Crippen LogP contribution is -2.48. The Morgan fingerprint density at radius 3 is 2.30 bits per heavy atom. The van der Waals surface area contributed by atoms with Crippen LogP contribution in [0, 0.1) is 13.8 Å². The maximum absolute atomic E-state index is 14.1. The van der Waals surface area contributed by atoms with Gasteiger partial charge in [-0.15, -0.1) is 0 Å². The van der Waals surface area contributed by atoms with Crippen molar-refractivity contribution in [2.75, 3.05) is 7.11 Å². The number of hydrogen-bond acceptors (Lipinski definition) is 7. The molecule has 0 bridgehead atoms. The number of fused-ring (bicyclic) bond motifs is 2. The average Bonchev–Trinajstić information content (AvgIpc) is 2.89. The smallest absolute Gasteiger partial charge is 0.194 e. The first kappa shape index (κ1) is 29.9. The summed E-state index contributed by atoms with van der Waals surface area (Å²) in [7, 11) is -0.766. The SMILES string of the molecule is COc1ccc(CO[C@H]2C[C@H](O[Si](C)(C)C(C)(C)C)C(=O)c3c2c(CO)c2cc(C)c(C=O)c(C)c2c3O)cc1. The van der Waals surface area contributed by atoms with Crippen LogP contribution in [0.5, 0.6) is 11.5 Å². The number of ketones is 1. The number of aliphatic hydroxyl groups is 1. The lowest BCUT2D eigenvalue weighted by molar-refractivity contribution is -0.000332. The number of methoxy groups -OCH3 is 1. The number of benzene rings is 3. The zero-order chi connectivity index (χ0) is 29.6. The van der Waals surface area contributed by atoms with Crippen molar-refractivity contribution in [3.05, 3.63) is 69.3 Å². The van der Waals surface area contributed by atoms with Crippen LogP contribution in [0.2, 0.25) is 18.1 Å². The summed E-state index contributed by atoms with van der Waals surface area (Å²) in [5.41, 5.74) is 3.77. The van der Waals surface area contributed by atoms with Gasteiger partial charge in [0.2, 0.25) is 0 Å². The number of phenols is 1. The zero-order valence-electron chi connectivity index (χ0n) is 24.7. The molecule has 0 aromatic heterocycles. The van der Waals surface area contributed by atoms with E-state index in [1.807, 2.05) is 31.2 Å². The molecule has 2 N–H and O–H groups in total. The van der Waals surface area contributed by atoms with E-state index < -0.39 is 20.5 Å². The van der Waals surface area contributed by atoms with Crippen LogP contribution in [-0.2, 0) is 22.4 Å². The first-order chi connectivity index (χ1) is 18.7. The normalized spacial score (nSPS) is 17.7. The number of aliphatic hydroxyl groups excluding tert-OH is 1. The largest absolute Gasteiger partial charge is 0.507 e. The Balaban J connectivity index is 1.91. The van der Waals surface area contributed by atoms with E-state index in [-0.39, 0.29) is 41.8 Å². The van der Waals surface area contributed by atoms with E-state index in [2.05, 4.69) is 33.9 Å². The van der Waals surface area contributed by atoms with Crippen LogP contribution in [0.4, 0.5) is 0 Å². The van der Waals surface area contributed by atoms with Gasteiger partial charge in [0.15, 0.2) is 20.4 Å². The number of carbonyl (C=O) groups excluding carboxylic acids is 2. The van der Waals surface area contributed by atoms with Gasteiger partial charge >= 0.3 is 0 Å². The second-order valence-electron chi connectivity index (χ2n) is 12.2. The van der Waals surface area contributed by atoms with E-state index in [4.69, 9.17) is 13.9 Å². The quantitative estimate of drug-likeness (QED) is 0.232. The van der Waals surface area contributed by atoms with Crippen LogP contribution in [0.25, 0.3) is 10.8 Å². The van der Waals surface area contributed by atoms with E-state index in [1.54, 1.807) is 20.1 Å². The second kappa shape index (κ2) is 11.1. The first-order valence-electron chi connectivity index (χ1n) is 13.6. The van der Waals surface area contributed by atoms with Gasteiger partial charge < -0.3 is 24.1 Å². The molecule has 3 aromatic rings. The minimum absolute atomic E-state index is 0.107. The monoisotopic (exact) mass is 564 g/mol. The molecule has 3 aromatic carbocycles. The molecule has 0 unspecified atom stereocenters. The third kappa shape index (κ3) is 5.21. The molecular formula is C32H40O7Si. The molecule has 0 aliphatic heterocycles. The van der Waals surface area contributed by atoms with Gasteiger partial charge in [0.25, 0.3) is 0 Å². The van der Waals surface area contributed by atoms with Crippen LogP contribution in [-0.4, -0.2) is 43.8 Å². The number of carbonyl (C=O) groups is 2. The molecule has 0 spiro atoms. The highest BCUT2D eigenvalue weighted by molar-refractivity contribution is 6.74. The molecule has 0 heterocycles. The minimum Gasteiger partial charge on any atom is -0.507 e. The molecule has 8 heteroatoms. The molecule has 40 heavy (non-hydrogen) atoms. The number of hydrogen-bond donors (Lipinski definition) is 2. The van der Waals surface area contributed by atoms with Gasteiger partial charge in [-0.05, 0) is 71.8 Å². The van der Waals surface area contributed by atoms with Gasteiger partial charge in [0.1, 0.15) is 17.6 Å². The maximum atomic E-state index is 14.1. The Labute approximate surface area is 237 Å². The number of rotatable bonds is 8. The molecule has 0 radical (unpaired) electrons. The average molecular weight is 565 g/mol. The Kier molecular flexibility index (Phi) is 8.29. The van der Waals surface area contributed by atoms with Crippen LogP contribution >= 0.6 is 0 Å². The van der Waals surface area contributed by atoms with Gasteiger partial charge in [-0.25, -0.2) is 0 Å². The zero-order valence-corrected chi connectivity index (χ0v) is 25.7. The van der Waals surface area contributed by atoms with E-state index in [1.165, 1.54) is 0 Å². The highest BCUT2D eigenvalue weighted by Crippen LogP contribution is 2.48. The highest BCUT2D eigenvalue weighted by Gasteiger charge is 2.46. The number of aldehydes is 1. The van der Waals surface area contributed by atoms with E-state index >= 15 is 0 Å². The third-order valence-electron chi connectivity index (χ3n) is 8.65. The van der Waals surface area contributed by atoms with Crippen LogP contribution in [0.3, 0.4) is 0 Å². The van der Waals surface area contributed by atoms with Gasteiger partial charge in [0.05, 0.1) is 32.0 Å². The maximum Gasteiger partial charge on any atom is 0.194 e. The Morgan fingerprint density at radius 2 is 1.75 bits per heavy atom. The predicted octanol–water partition coefficient (Wildman–Crippen LogP) is 6.71. The Morgan fingerprint density at radius 1 is 1.10 bits per heavy atom. The molecule has 1 aliphatic carbocycles. The summed E-state index contributed by atoms with van der Waals surface area (Å²) in [5, 5.41) is 23.2. The first-order valence-corrected chi connectivity index (χ1v) is 16.5. The highest BCUT2D eigenvalue weighted by atomic mass is 28.4. The van der Waals surface area contributed by atoms with Crippen molar-refractivity contribution in [2.24, 2.45) is 0 Å². The molecule has 0 saturated carbocycles. The van der Waals surface area contributed by atoms with Crippen LogP contribution in [0.1, 0.15) is 81.8 Å². The second-order valence-corrected chi connectivity index (χ2v) is 16.9. The summed E-state index contributed by atoms with van der Waals surface area (Å²) in [4.78, 5) is 26.0. The van der Waals surface area contributed by atoms with Crippen molar-refractivity contribution in [1.82, 2.24) is 0 Å². The molecule has 7 nitrogen and oxygen atoms in total. The Bertz CT molecular complexity index is 1450. The van der Waals surface area contributed by atoms with Gasteiger partial charge in [0, 0.05) is 22.9 Å². The van der Waals surface area contributed by atoms with Crippen molar-refractivity contribution in [2.45, 2.75) is 84.6 Å². The molecule has 2 atom stereocenters. The standard InChI is InChI=1S/C32H40O7Si/c1-18-13-22-24(16-34)28-25(38-17-20-9-11-21(37-6)12-10-20)14-26(39-40(7,8)32(3,4)5)30(35)29(28)31(36)27(22)19(2)23(18)15-33/h9-13,15,25-26,34,36H,14,16-17H2,1-8H3/t25-,26-/m0/s1. The molecule has 0 saturated heterocycles. The number of Topliss-reactive ketones (excluding diaryl/α,β-unsaturated/α-hetero) is 1. The summed E-state index contributed by atoms with van der Waals surface area (Å²) in [5.74, 6) is 0.208. The molecule has 0 amide bonds. The number of aryl methyl sites for hydroxylation is 2. The van der Waals surface area contributed by atoms with Crippen LogP contribution < -0.4 is 4.74 Å². The number of aromatic hydroxyl groups is 1. The fourth-order valence-corrected chi connectivity index (χ4v) is 6.60. The van der Waals surface area contributed by atoms with Crippen molar-refractivity contribution in [3.8, 4) is 11.5 Å².